The summed E-state index contributed by atoms with van der Waals surface area (Å²) in [7, 11) is 0. The molecule has 1 spiro atoms. The van der Waals surface area contributed by atoms with E-state index in [0.717, 1.165) is 19.1 Å². The van der Waals surface area contributed by atoms with Crippen molar-refractivity contribution in [1.29, 1.82) is 0 Å². The van der Waals surface area contributed by atoms with E-state index in [-0.39, 0.29) is 30.9 Å². The summed E-state index contributed by atoms with van der Waals surface area (Å²) >= 11 is 0. The minimum absolute atomic E-state index is 0.0670. The van der Waals surface area contributed by atoms with E-state index in [0.29, 0.717) is 39.6 Å². The van der Waals surface area contributed by atoms with Crippen molar-refractivity contribution in [2.24, 2.45) is 0 Å². The number of alkyl halides is 3. The van der Waals surface area contributed by atoms with Gasteiger partial charge in [-0.1, -0.05) is 18.2 Å². The van der Waals surface area contributed by atoms with Crippen LogP contribution in [0.2, 0.25) is 0 Å². The van der Waals surface area contributed by atoms with Gasteiger partial charge in [-0.15, -0.1) is 0 Å². The van der Waals surface area contributed by atoms with Crippen molar-refractivity contribution in [3.63, 3.8) is 0 Å². The molecule has 0 saturated carbocycles. The van der Waals surface area contributed by atoms with Gasteiger partial charge in [-0.05, 0) is 55.7 Å². The summed E-state index contributed by atoms with van der Waals surface area (Å²) < 4.78 is 64.8. The second-order valence-corrected chi connectivity index (χ2v) is 9.82. The molecule has 1 aliphatic carbocycles. The third-order valence-corrected chi connectivity index (χ3v) is 7.14. The highest BCUT2D eigenvalue weighted by molar-refractivity contribution is 6.06. The van der Waals surface area contributed by atoms with Crippen molar-refractivity contribution in [3.05, 3.63) is 65.0 Å². The van der Waals surface area contributed by atoms with Crippen LogP contribution in [0, 0.1) is 5.82 Å². The molecule has 9 nitrogen and oxygen atoms in total. The first-order chi connectivity index (χ1) is 19.4. The fraction of sp³-hybridized carbons (Fsp3) is 0.429. The Labute approximate surface area is 233 Å². The summed E-state index contributed by atoms with van der Waals surface area (Å²) in [4.78, 5) is 52.6. The van der Waals surface area contributed by atoms with Crippen molar-refractivity contribution >= 4 is 29.5 Å². The number of hydrogen-bond donors (Lipinski definition) is 1. The Morgan fingerprint density at radius 1 is 1.17 bits per heavy atom. The molecular weight excluding hydrogens is 550 g/mol. The number of rotatable bonds is 10. The smallest absolute Gasteiger partial charge is 0.418 e. The SMILES string of the molecule is CCOCCC(=O)Nc1ccc2c(c1)CC[C@@]21OC(=O)N(CC(=O)N(Cc2ccc(F)cc2)[C@@H](C)C(F)(F)F)C1=O. The van der Waals surface area contributed by atoms with Crippen LogP contribution in [0.3, 0.4) is 0 Å². The number of carbonyl (C=O) groups is 4. The number of anilines is 1. The number of halogens is 4. The third kappa shape index (κ3) is 6.34. The summed E-state index contributed by atoms with van der Waals surface area (Å²) in [5.41, 5.74) is 0.00841. The maximum absolute atomic E-state index is 13.6. The van der Waals surface area contributed by atoms with E-state index in [4.69, 9.17) is 9.47 Å². The molecule has 41 heavy (non-hydrogen) atoms. The van der Waals surface area contributed by atoms with Gasteiger partial charge in [-0.2, -0.15) is 13.2 Å². The van der Waals surface area contributed by atoms with Gasteiger partial charge < -0.3 is 19.7 Å². The summed E-state index contributed by atoms with van der Waals surface area (Å²) in [5.74, 6) is -2.86. The van der Waals surface area contributed by atoms with E-state index in [2.05, 4.69) is 5.32 Å². The van der Waals surface area contributed by atoms with Crippen molar-refractivity contribution in [2.75, 3.05) is 25.1 Å². The molecule has 1 N–H and O–H groups in total. The molecule has 1 saturated heterocycles. The summed E-state index contributed by atoms with van der Waals surface area (Å²) in [6.45, 7) is 1.85. The van der Waals surface area contributed by atoms with Gasteiger partial charge in [0.2, 0.25) is 17.4 Å². The van der Waals surface area contributed by atoms with Gasteiger partial charge in [0.15, 0.2) is 0 Å². The third-order valence-electron chi connectivity index (χ3n) is 7.14. The molecular formula is C28H29F4N3O6. The van der Waals surface area contributed by atoms with Crippen LogP contribution in [0.1, 0.15) is 43.4 Å². The highest BCUT2D eigenvalue weighted by Crippen LogP contribution is 2.46. The molecule has 2 aromatic rings. The van der Waals surface area contributed by atoms with Crippen molar-refractivity contribution in [3.8, 4) is 0 Å². The van der Waals surface area contributed by atoms with Gasteiger partial charge in [0.05, 0.1) is 13.0 Å². The molecule has 0 unspecified atom stereocenters. The van der Waals surface area contributed by atoms with Gasteiger partial charge in [0.25, 0.3) is 5.91 Å². The van der Waals surface area contributed by atoms with Crippen molar-refractivity contribution < 1.29 is 46.2 Å². The highest BCUT2D eigenvalue weighted by atomic mass is 19.4. The van der Waals surface area contributed by atoms with Crippen LogP contribution >= 0.6 is 0 Å². The number of imide groups is 1. The second kappa shape index (κ2) is 11.9. The molecule has 1 aliphatic heterocycles. The monoisotopic (exact) mass is 579 g/mol. The van der Waals surface area contributed by atoms with Crippen LogP contribution in [-0.4, -0.2) is 65.6 Å². The number of benzene rings is 2. The maximum atomic E-state index is 13.6. The summed E-state index contributed by atoms with van der Waals surface area (Å²) in [6.07, 6.45) is -5.41. The Morgan fingerprint density at radius 3 is 2.54 bits per heavy atom. The van der Waals surface area contributed by atoms with Crippen LogP contribution in [0.5, 0.6) is 0 Å². The Morgan fingerprint density at radius 2 is 1.88 bits per heavy atom. The molecule has 1 fully saturated rings. The fourth-order valence-electron chi connectivity index (χ4n) is 4.89. The van der Waals surface area contributed by atoms with Gasteiger partial charge >= 0.3 is 12.3 Å². The van der Waals surface area contributed by atoms with E-state index in [1.165, 1.54) is 12.1 Å². The number of aryl methyl sites for hydroxylation is 1. The van der Waals surface area contributed by atoms with Crippen LogP contribution in [0.4, 0.5) is 28.0 Å². The number of hydrogen-bond acceptors (Lipinski definition) is 6. The fourth-order valence-corrected chi connectivity index (χ4v) is 4.89. The standard InChI is InChI=1S/C28H29F4N3O6/c1-3-40-13-11-23(36)33-21-8-9-22-19(14-21)10-12-27(22)25(38)35(26(39)41-27)16-24(37)34(17(2)28(30,31)32)15-18-4-6-20(29)7-5-18/h4-9,14,17H,3,10-13,15-16H2,1-2H3,(H,33,36)/t17-,27+/m0/s1. The van der Waals surface area contributed by atoms with Crippen LogP contribution in [-0.2, 0) is 42.4 Å². The average molecular weight is 580 g/mol. The molecule has 13 heteroatoms. The van der Waals surface area contributed by atoms with Gasteiger partial charge in [-0.25, -0.2) is 14.1 Å². The molecule has 4 amide bonds. The predicted octanol–water partition coefficient (Wildman–Crippen LogP) is 4.29. The van der Waals surface area contributed by atoms with E-state index in [1.54, 1.807) is 18.2 Å². The number of amides is 4. The Hall–Kier alpha value is -4.00. The molecule has 220 valence electrons. The Bertz CT molecular complexity index is 1330. The van der Waals surface area contributed by atoms with Crippen molar-refractivity contribution in [2.45, 2.75) is 57.5 Å². The van der Waals surface area contributed by atoms with Crippen LogP contribution in [0.25, 0.3) is 0 Å². The Balaban J connectivity index is 1.51. The molecule has 2 aliphatic rings. The number of fused-ring (bicyclic) bond motifs is 2. The number of ether oxygens (including phenoxy) is 2. The van der Waals surface area contributed by atoms with E-state index in [1.807, 2.05) is 6.92 Å². The zero-order valence-electron chi connectivity index (χ0n) is 22.4. The first-order valence-electron chi connectivity index (χ1n) is 13.0. The molecule has 2 atom stereocenters. The number of nitrogens with one attached hydrogen (secondary N) is 1. The lowest BCUT2D eigenvalue weighted by Crippen LogP contribution is -2.51. The lowest BCUT2D eigenvalue weighted by molar-refractivity contribution is -0.187. The lowest BCUT2D eigenvalue weighted by atomic mass is 9.94. The number of carbonyl (C=O) groups excluding carboxylic acids is 4. The second-order valence-electron chi connectivity index (χ2n) is 9.82. The van der Waals surface area contributed by atoms with Gasteiger partial charge in [0, 0.05) is 30.8 Å². The highest BCUT2D eigenvalue weighted by Gasteiger charge is 2.58. The quantitative estimate of drug-likeness (QED) is 0.333. The molecule has 2 aromatic carbocycles. The molecule has 0 aromatic heterocycles. The molecule has 0 bridgehead atoms. The average Bonchev–Trinajstić information content (AvgIpc) is 3.39. The van der Waals surface area contributed by atoms with Crippen molar-refractivity contribution in [1.82, 2.24) is 9.80 Å². The summed E-state index contributed by atoms with van der Waals surface area (Å²) in [6, 6.07) is 7.10. The maximum Gasteiger partial charge on any atom is 0.418 e. The topological polar surface area (TPSA) is 105 Å². The zero-order valence-corrected chi connectivity index (χ0v) is 22.4. The predicted molar refractivity (Wildman–Crippen MR) is 137 cm³/mol. The van der Waals surface area contributed by atoms with Crippen LogP contribution < -0.4 is 5.32 Å². The normalized spacial score (nSPS) is 18.8. The van der Waals surface area contributed by atoms with Gasteiger partial charge in [0.1, 0.15) is 18.4 Å². The van der Waals surface area contributed by atoms with Crippen LogP contribution in [0.15, 0.2) is 42.5 Å². The molecule has 4 rings (SSSR count). The number of nitrogens with zero attached hydrogens (tertiary/aromatic N) is 2. The largest absolute Gasteiger partial charge is 0.427 e. The zero-order chi connectivity index (χ0) is 29.9. The lowest BCUT2D eigenvalue weighted by Gasteiger charge is -2.31. The van der Waals surface area contributed by atoms with E-state index >= 15 is 0 Å². The summed E-state index contributed by atoms with van der Waals surface area (Å²) in [5, 5.41) is 2.74. The minimum atomic E-state index is -4.80. The molecule has 0 radical (unpaired) electrons. The first kappa shape index (κ1) is 30.0. The minimum Gasteiger partial charge on any atom is -0.427 e. The van der Waals surface area contributed by atoms with E-state index in [9.17, 15) is 36.7 Å². The Kier molecular flexibility index (Phi) is 8.66. The van der Waals surface area contributed by atoms with E-state index < -0.39 is 54.6 Å². The molecule has 1 heterocycles. The first-order valence-corrected chi connectivity index (χ1v) is 13.0. The van der Waals surface area contributed by atoms with Gasteiger partial charge in [-0.3, -0.25) is 14.4 Å².